The number of carbonyl (C=O) groups is 1. The van der Waals surface area contributed by atoms with Crippen molar-refractivity contribution in [1.29, 1.82) is 0 Å². The highest BCUT2D eigenvalue weighted by Gasteiger charge is 2.18. The fraction of sp³-hybridized carbons (Fsp3) is 0.0455. The van der Waals surface area contributed by atoms with Gasteiger partial charge in [0.2, 0.25) is 11.5 Å². The third kappa shape index (κ3) is 3.77. The second kappa shape index (κ2) is 7.66. The van der Waals surface area contributed by atoms with Gasteiger partial charge in [-0.1, -0.05) is 18.2 Å². The number of nitrogens with zero attached hydrogens (tertiary/aromatic N) is 4. The first-order valence-electron chi connectivity index (χ1n) is 8.63. The largest absolute Gasteiger partial charge is 0.285 e. The van der Waals surface area contributed by atoms with Crippen molar-refractivity contribution in [3.8, 4) is 5.69 Å². The summed E-state index contributed by atoms with van der Waals surface area (Å²) in [5.41, 5.74) is 3.67. The summed E-state index contributed by atoms with van der Waals surface area (Å²) in [6, 6.07) is 20.8. The van der Waals surface area contributed by atoms with Gasteiger partial charge < -0.3 is 0 Å². The third-order valence-electron chi connectivity index (χ3n) is 4.18. The Labute approximate surface area is 157 Å². The summed E-state index contributed by atoms with van der Waals surface area (Å²) in [5, 5.41) is 0. The Kier molecular flexibility index (Phi) is 4.74. The summed E-state index contributed by atoms with van der Waals surface area (Å²) >= 11 is 0. The first-order chi connectivity index (χ1) is 13.3. The van der Waals surface area contributed by atoms with Crippen LogP contribution >= 0.6 is 0 Å². The van der Waals surface area contributed by atoms with E-state index in [-0.39, 0.29) is 5.78 Å². The summed E-state index contributed by atoms with van der Waals surface area (Å²) in [5.74, 6) is -0.194. The van der Waals surface area contributed by atoms with Crippen LogP contribution in [0.3, 0.4) is 0 Å². The third-order valence-corrected chi connectivity index (χ3v) is 4.18. The molecule has 0 radical (unpaired) electrons. The van der Waals surface area contributed by atoms with Gasteiger partial charge in [0.05, 0.1) is 12.1 Å². The van der Waals surface area contributed by atoms with Crippen LogP contribution in [0.5, 0.6) is 0 Å². The number of pyridine rings is 4. The van der Waals surface area contributed by atoms with Gasteiger partial charge in [0.15, 0.2) is 11.9 Å². The number of ketones is 1. The van der Waals surface area contributed by atoms with Gasteiger partial charge in [0.25, 0.3) is 0 Å². The molecule has 0 amide bonds. The molecule has 0 atom stereocenters. The minimum absolute atomic E-state index is 0.194. The molecule has 0 aliphatic carbocycles. The fourth-order valence-corrected chi connectivity index (χ4v) is 2.88. The SMILES string of the molecule is O=C(c1ccccn1)c1cc(-[n+]2ccccc2Cc2ccccn2)ccn1. The molecular weight excluding hydrogens is 336 g/mol. The van der Waals surface area contributed by atoms with E-state index in [0.29, 0.717) is 17.8 Å². The van der Waals surface area contributed by atoms with Gasteiger partial charge in [0.1, 0.15) is 11.4 Å². The number of hydrogen-bond donors (Lipinski definition) is 0. The van der Waals surface area contributed by atoms with Gasteiger partial charge in [-0.15, -0.1) is 0 Å². The van der Waals surface area contributed by atoms with E-state index >= 15 is 0 Å². The van der Waals surface area contributed by atoms with Crippen LogP contribution in [0.25, 0.3) is 5.69 Å². The average Bonchev–Trinajstić information content (AvgIpc) is 2.75. The number of hydrogen-bond acceptors (Lipinski definition) is 4. The molecule has 4 heterocycles. The van der Waals surface area contributed by atoms with Crippen LogP contribution in [-0.2, 0) is 6.42 Å². The van der Waals surface area contributed by atoms with E-state index in [1.54, 1.807) is 42.9 Å². The molecule has 0 aromatic carbocycles. The molecule has 0 aliphatic rings. The molecule has 0 bridgehead atoms. The van der Waals surface area contributed by atoms with Crippen molar-refractivity contribution >= 4 is 5.78 Å². The quantitative estimate of drug-likeness (QED) is 0.409. The van der Waals surface area contributed by atoms with Crippen LogP contribution < -0.4 is 4.57 Å². The summed E-state index contributed by atoms with van der Waals surface area (Å²) in [7, 11) is 0. The zero-order valence-corrected chi connectivity index (χ0v) is 14.6. The molecule has 4 aromatic heterocycles. The summed E-state index contributed by atoms with van der Waals surface area (Å²) in [6.45, 7) is 0. The average molecular weight is 353 g/mol. The second-order valence-corrected chi connectivity index (χ2v) is 6.00. The first-order valence-corrected chi connectivity index (χ1v) is 8.63. The van der Waals surface area contributed by atoms with Gasteiger partial charge in [-0.25, -0.2) is 0 Å². The van der Waals surface area contributed by atoms with Crippen LogP contribution in [0.2, 0.25) is 0 Å². The highest BCUT2D eigenvalue weighted by atomic mass is 16.1. The van der Waals surface area contributed by atoms with Crippen molar-refractivity contribution in [3.05, 3.63) is 114 Å². The Hall–Kier alpha value is -3.73. The Morgan fingerprint density at radius 2 is 1.56 bits per heavy atom. The molecule has 0 spiro atoms. The summed E-state index contributed by atoms with van der Waals surface area (Å²) < 4.78 is 2.05. The summed E-state index contributed by atoms with van der Waals surface area (Å²) in [4.78, 5) is 25.4. The van der Waals surface area contributed by atoms with E-state index in [0.717, 1.165) is 17.1 Å². The molecule has 5 nitrogen and oxygen atoms in total. The molecule has 0 saturated carbocycles. The van der Waals surface area contributed by atoms with Crippen molar-refractivity contribution < 1.29 is 9.36 Å². The summed E-state index contributed by atoms with van der Waals surface area (Å²) in [6.07, 6.45) is 7.71. The van der Waals surface area contributed by atoms with E-state index in [9.17, 15) is 4.79 Å². The van der Waals surface area contributed by atoms with E-state index in [2.05, 4.69) is 21.0 Å². The first kappa shape index (κ1) is 16.7. The maximum Gasteiger partial charge on any atom is 0.229 e. The lowest BCUT2D eigenvalue weighted by Crippen LogP contribution is -2.35. The molecule has 0 saturated heterocycles. The zero-order valence-electron chi connectivity index (χ0n) is 14.6. The van der Waals surface area contributed by atoms with E-state index < -0.39 is 0 Å². The highest BCUT2D eigenvalue weighted by Crippen LogP contribution is 2.10. The number of carbonyl (C=O) groups excluding carboxylic acids is 1. The van der Waals surface area contributed by atoms with Crippen molar-refractivity contribution in [2.45, 2.75) is 6.42 Å². The van der Waals surface area contributed by atoms with Crippen molar-refractivity contribution in [2.75, 3.05) is 0 Å². The molecule has 4 aromatic rings. The van der Waals surface area contributed by atoms with Gasteiger partial charge >= 0.3 is 0 Å². The zero-order chi connectivity index (χ0) is 18.5. The van der Waals surface area contributed by atoms with Crippen LogP contribution in [0.1, 0.15) is 27.6 Å². The normalized spacial score (nSPS) is 10.5. The molecule has 0 N–H and O–H groups in total. The van der Waals surface area contributed by atoms with E-state index in [1.165, 1.54) is 0 Å². The van der Waals surface area contributed by atoms with Gasteiger partial charge in [-0.05, 0) is 24.3 Å². The minimum Gasteiger partial charge on any atom is -0.285 e. The lowest BCUT2D eigenvalue weighted by Gasteiger charge is -2.05. The van der Waals surface area contributed by atoms with Gasteiger partial charge in [0, 0.05) is 42.9 Å². The Morgan fingerprint density at radius 3 is 2.33 bits per heavy atom. The smallest absolute Gasteiger partial charge is 0.229 e. The van der Waals surface area contributed by atoms with Crippen molar-refractivity contribution in [3.63, 3.8) is 0 Å². The predicted octanol–water partition coefficient (Wildman–Crippen LogP) is 2.97. The molecule has 5 heteroatoms. The highest BCUT2D eigenvalue weighted by molar-refractivity contribution is 6.06. The number of rotatable bonds is 5. The minimum atomic E-state index is -0.194. The van der Waals surface area contributed by atoms with Crippen LogP contribution in [0, 0.1) is 0 Å². The Morgan fingerprint density at radius 1 is 0.778 bits per heavy atom. The molecule has 0 unspecified atom stereocenters. The van der Waals surface area contributed by atoms with Crippen LogP contribution in [0.15, 0.2) is 91.5 Å². The standard InChI is InChI=1S/C22H17N4O/c27-22(20-9-2-5-12-24-20)21-16-19(10-13-25-21)26-14-6-3-8-18(26)15-17-7-1-4-11-23-17/h1-14,16H,15H2/q+1. The second-order valence-electron chi connectivity index (χ2n) is 6.00. The van der Waals surface area contributed by atoms with Crippen molar-refractivity contribution in [2.24, 2.45) is 0 Å². The molecule has 0 fully saturated rings. The topological polar surface area (TPSA) is 59.6 Å². The maximum absolute atomic E-state index is 12.7. The maximum atomic E-state index is 12.7. The molecule has 27 heavy (non-hydrogen) atoms. The lowest BCUT2D eigenvalue weighted by molar-refractivity contribution is -0.604. The van der Waals surface area contributed by atoms with E-state index in [4.69, 9.17) is 0 Å². The van der Waals surface area contributed by atoms with E-state index in [1.807, 2.05) is 47.2 Å². The molecule has 4 rings (SSSR count). The lowest BCUT2D eigenvalue weighted by atomic mass is 10.1. The Bertz CT molecular complexity index is 1070. The molecule has 130 valence electrons. The predicted molar refractivity (Wildman–Crippen MR) is 100 cm³/mol. The number of aromatic nitrogens is 4. The molecule has 0 aliphatic heterocycles. The van der Waals surface area contributed by atoms with Crippen molar-refractivity contribution in [1.82, 2.24) is 15.0 Å². The fourth-order valence-electron chi connectivity index (χ4n) is 2.88. The monoisotopic (exact) mass is 353 g/mol. The molecular formula is C22H17N4O+. The van der Waals surface area contributed by atoms with Gasteiger partial charge in [-0.3, -0.25) is 19.7 Å². The van der Waals surface area contributed by atoms with Gasteiger partial charge in [-0.2, -0.15) is 4.57 Å². The van der Waals surface area contributed by atoms with Crippen LogP contribution in [-0.4, -0.2) is 20.7 Å². The van der Waals surface area contributed by atoms with Crippen LogP contribution in [0.4, 0.5) is 0 Å². The Balaban J connectivity index is 1.70.